The monoisotopic (exact) mass is 365 g/mol. The van der Waals surface area contributed by atoms with Gasteiger partial charge in [0.1, 0.15) is 0 Å². The number of likely N-dealkylation sites (tertiary alicyclic amines) is 1. The summed E-state index contributed by atoms with van der Waals surface area (Å²) in [5.41, 5.74) is 2.63. The van der Waals surface area contributed by atoms with Gasteiger partial charge in [0, 0.05) is 18.5 Å². The Morgan fingerprint density at radius 1 is 0.852 bits per heavy atom. The van der Waals surface area contributed by atoms with Crippen molar-refractivity contribution in [2.24, 2.45) is 5.92 Å². The smallest absolute Gasteiger partial charge is 0.196 e. The lowest BCUT2D eigenvalue weighted by molar-refractivity contribution is -0.281. The lowest BCUT2D eigenvalue weighted by Crippen LogP contribution is -2.43. The molecule has 0 amide bonds. The molecule has 0 bridgehead atoms. The lowest BCUT2D eigenvalue weighted by Gasteiger charge is -2.40. The molecular formula is C24H31NO2. The van der Waals surface area contributed by atoms with Crippen LogP contribution in [0.3, 0.4) is 0 Å². The summed E-state index contributed by atoms with van der Waals surface area (Å²) in [4.78, 5) is 2.59. The van der Waals surface area contributed by atoms with Gasteiger partial charge in [-0.15, -0.1) is 0 Å². The summed E-state index contributed by atoms with van der Waals surface area (Å²) in [6, 6.07) is 21.4. The van der Waals surface area contributed by atoms with Crippen LogP contribution >= 0.6 is 0 Å². The van der Waals surface area contributed by atoms with Crippen LogP contribution in [0.5, 0.6) is 0 Å². The van der Waals surface area contributed by atoms with E-state index < -0.39 is 5.79 Å². The van der Waals surface area contributed by atoms with E-state index in [4.69, 9.17) is 9.47 Å². The van der Waals surface area contributed by atoms with Crippen LogP contribution in [0.15, 0.2) is 60.7 Å². The average Bonchev–Trinajstić information content (AvgIpc) is 2.75. The van der Waals surface area contributed by atoms with Crippen molar-refractivity contribution >= 4 is 0 Å². The minimum Gasteiger partial charge on any atom is -0.346 e. The summed E-state index contributed by atoms with van der Waals surface area (Å²) >= 11 is 0. The van der Waals surface area contributed by atoms with Gasteiger partial charge in [-0.1, -0.05) is 60.7 Å². The van der Waals surface area contributed by atoms with E-state index in [2.05, 4.69) is 65.6 Å². The third-order valence-electron chi connectivity index (χ3n) is 6.00. The van der Waals surface area contributed by atoms with E-state index in [0.29, 0.717) is 0 Å². The Bertz CT molecular complexity index is 674. The Morgan fingerprint density at radius 3 is 2.15 bits per heavy atom. The molecule has 0 saturated carbocycles. The van der Waals surface area contributed by atoms with E-state index in [1.165, 1.54) is 37.9 Å². The Labute approximate surface area is 163 Å². The van der Waals surface area contributed by atoms with Gasteiger partial charge in [0.15, 0.2) is 5.79 Å². The number of ether oxygens (including phenoxy) is 2. The SMILES string of the molecule is c1ccc(CC2CCN(CCC3(c4ccccc4)OCCCO3)CC2)cc1. The molecule has 0 N–H and O–H groups in total. The maximum absolute atomic E-state index is 6.19. The number of nitrogens with zero attached hydrogens (tertiary/aromatic N) is 1. The van der Waals surface area contributed by atoms with Crippen LogP contribution in [0.2, 0.25) is 0 Å². The summed E-state index contributed by atoms with van der Waals surface area (Å²) in [6.45, 7) is 4.97. The van der Waals surface area contributed by atoms with Crippen molar-refractivity contribution in [1.82, 2.24) is 4.90 Å². The van der Waals surface area contributed by atoms with Crippen molar-refractivity contribution in [3.63, 3.8) is 0 Å². The zero-order valence-electron chi connectivity index (χ0n) is 16.2. The molecule has 0 aromatic heterocycles. The number of hydrogen-bond acceptors (Lipinski definition) is 3. The number of piperidine rings is 1. The molecule has 4 rings (SSSR count). The van der Waals surface area contributed by atoms with Crippen LogP contribution in [-0.4, -0.2) is 37.7 Å². The first-order chi connectivity index (χ1) is 13.3. The van der Waals surface area contributed by atoms with Crippen LogP contribution in [0.25, 0.3) is 0 Å². The molecule has 2 aliphatic heterocycles. The zero-order chi connectivity index (χ0) is 18.4. The molecule has 0 aliphatic carbocycles. The third-order valence-corrected chi connectivity index (χ3v) is 6.00. The van der Waals surface area contributed by atoms with Crippen LogP contribution in [-0.2, 0) is 21.7 Å². The molecule has 2 aromatic rings. The lowest BCUT2D eigenvalue weighted by atomic mass is 9.90. The Morgan fingerprint density at radius 2 is 1.48 bits per heavy atom. The van der Waals surface area contributed by atoms with Gasteiger partial charge in [-0.05, 0) is 50.3 Å². The third kappa shape index (κ3) is 4.78. The standard InChI is InChI=1S/C24H31NO2/c1-3-8-21(9-4-1)20-22-12-15-25(16-13-22)17-14-24(26-18-7-19-27-24)23-10-5-2-6-11-23/h1-6,8-11,22H,7,12-20H2. The van der Waals surface area contributed by atoms with Crippen molar-refractivity contribution in [3.8, 4) is 0 Å². The molecule has 2 heterocycles. The molecule has 0 spiro atoms. The molecule has 2 saturated heterocycles. The molecule has 0 radical (unpaired) electrons. The first kappa shape index (κ1) is 18.7. The van der Waals surface area contributed by atoms with Gasteiger partial charge in [-0.3, -0.25) is 0 Å². The first-order valence-electron chi connectivity index (χ1n) is 10.4. The van der Waals surface area contributed by atoms with Crippen LogP contribution < -0.4 is 0 Å². The molecule has 0 unspecified atom stereocenters. The van der Waals surface area contributed by atoms with Crippen LogP contribution in [0.4, 0.5) is 0 Å². The highest BCUT2D eigenvalue weighted by Crippen LogP contribution is 2.35. The van der Waals surface area contributed by atoms with Gasteiger partial charge in [0.2, 0.25) is 0 Å². The molecule has 2 fully saturated rings. The van der Waals surface area contributed by atoms with Gasteiger partial charge in [-0.2, -0.15) is 0 Å². The van der Waals surface area contributed by atoms with Crippen LogP contribution in [0.1, 0.15) is 36.8 Å². The van der Waals surface area contributed by atoms with E-state index in [1.54, 1.807) is 0 Å². The highest BCUT2D eigenvalue weighted by molar-refractivity contribution is 5.21. The second-order valence-electron chi connectivity index (χ2n) is 7.89. The fourth-order valence-corrected chi connectivity index (χ4v) is 4.39. The molecule has 3 heteroatoms. The van der Waals surface area contributed by atoms with Gasteiger partial charge in [-0.25, -0.2) is 0 Å². The first-order valence-corrected chi connectivity index (χ1v) is 10.4. The van der Waals surface area contributed by atoms with Gasteiger partial charge in [0.25, 0.3) is 0 Å². The normalized spacial score (nSPS) is 21.2. The largest absolute Gasteiger partial charge is 0.346 e. The molecule has 3 nitrogen and oxygen atoms in total. The fourth-order valence-electron chi connectivity index (χ4n) is 4.39. The molecule has 2 aliphatic rings. The molecule has 2 aromatic carbocycles. The summed E-state index contributed by atoms with van der Waals surface area (Å²) in [6.07, 6.45) is 5.68. The Hall–Kier alpha value is -1.68. The molecule has 27 heavy (non-hydrogen) atoms. The van der Waals surface area contributed by atoms with Crippen LogP contribution in [0, 0.1) is 5.92 Å². The summed E-state index contributed by atoms with van der Waals surface area (Å²) < 4.78 is 12.4. The molecule has 144 valence electrons. The van der Waals surface area contributed by atoms with E-state index in [1.807, 2.05) is 0 Å². The van der Waals surface area contributed by atoms with Crippen molar-refractivity contribution in [1.29, 1.82) is 0 Å². The minimum absolute atomic E-state index is 0.555. The average molecular weight is 366 g/mol. The van der Waals surface area contributed by atoms with Crippen molar-refractivity contribution in [3.05, 3.63) is 71.8 Å². The quantitative estimate of drug-likeness (QED) is 0.745. The molecular weight excluding hydrogens is 334 g/mol. The summed E-state index contributed by atoms with van der Waals surface area (Å²) in [5.74, 6) is 0.259. The van der Waals surface area contributed by atoms with E-state index >= 15 is 0 Å². The summed E-state index contributed by atoms with van der Waals surface area (Å²) in [5, 5.41) is 0. The second kappa shape index (κ2) is 9.01. The van der Waals surface area contributed by atoms with Crippen molar-refractivity contribution in [2.75, 3.05) is 32.8 Å². The van der Waals surface area contributed by atoms with Crippen molar-refractivity contribution < 1.29 is 9.47 Å². The highest BCUT2D eigenvalue weighted by atomic mass is 16.7. The number of rotatable bonds is 6. The molecule has 0 atom stereocenters. The summed E-state index contributed by atoms with van der Waals surface area (Å²) in [7, 11) is 0. The fraction of sp³-hybridized carbons (Fsp3) is 0.500. The van der Waals surface area contributed by atoms with Gasteiger partial charge in [0.05, 0.1) is 13.2 Å². The van der Waals surface area contributed by atoms with E-state index in [-0.39, 0.29) is 0 Å². The van der Waals surface area contributed by atoms with E-state index in [9.17, 15) is 0 Å². The predicted octanol–water partition coefficient (Wildman–Crippen LogP) is 4.62. The van der Waals surface area contributed by atoms with Gasteiger partial charge >= 0.3 is 0 Å². The maximum Gasteiger partial charge on any atom is 0.196 e. The number of benzene rings is 2. The highest BCUT2D eigenvalue weighted by Gasteiger charge is 2.37. The number of hydrogen-bond donors (Lipinski definition) is 0. The van der Waals surface area contributed by atoms with Gasteiger partial charge < -0.3 is 14.4 Å². The Balaban J connectivity index is 1.30. The minimum atomic E-state index is -0.555. The second-order valence-corrected chi connectivity index (χ2v) is 7.89. The predicted molar refractivity (Wildman–Crippen MR) is 109 cm³/mol. The maximum atomic E-state index is 6.19. The zero-order valence-corrected chi connectivity index (χ0v) is 16.2. The van der Waals surface area contributed by atoms with Crippen molar-refractivity contribution in [2.45, 2.75) is 37.9 Å². The van der Waals surface area contributed by atoms with E-state index in [0.717, 1.165) is 44.1 Å². The Kier molecular flexibility index (Phi) is 6.23. The topological polar surface area (TPSA) is 21.7 Å².